The second-order valence-electron chi connectivity index (χ2n) is 5.40. The number of nitrogens with one attached hydrogen (secondary N) is 2. The molecule has 1 saturated carbocycles. The molecule has 1 aromatic carbocycles. The molecule has 4 N–H and O–H groups in total. The third-order valence-corrected chi connectivity index (χ3v) is 3.71. The topological polar surface area (TPSA) is 76.4 Å². The van der Waals surface area contributed by atoms with Crippen molar-refractivity contribution in [1.82, 2.24) is 5.32 Å². The molecule has 1 amide bonds. The minimum Gasteiger partial charge on any atom is -0.482 e. The van der Waals surface area contributed by atoms with Gasteiger partial charge in [-0.05, 0) is 43.0 Å². The summed E-state index contributed by atoms with van der Waals surface area (Å²) in [4.78, 5) is 11.3. The molecule has 1 aromatic rings. The molecule has 1 fully saturated rings. The number of fused-ring (bicyclic) bond motifs is 1. The quantitative estimate of drug-likeness (QED) is 0.751. The molecule has 3 rings (SSSR count). The number of hydrogen-bond donors (Lipinski definition) is 3. The highest BCUT2D eigenvalue weighted by Gasteiger charge is 2.25. The molecule has 1 aliphatic carbocycles. The lowest BCUT2D eigenvalue weighted by Gasteiger charge is -2.32. The molecular weight excluding hydrogens is 242 g/mol. The molecule has 0 atom stereocenters. The number of carbonyl (C=O) groups is 1. The van der Waals surface area contributed by atoms with E-state index in [1.807, 2.05) is 18.2 Å². The van der Waals surface area contributed by atoms with Gasteiger partial charge in [-0.15, -0.1) is 0 Å². The molecule has 1 heterocycles. The molecule has 5 heteroatoms. The first-order chi connectivity index (χ1) is 9.20. The monoisotopic (exact) mass is 261 g/mol. The zero-order valence-electron chi connectivity index (χ0n) is 10.8. The minimum atomic E-state index is -0.0962. The van der Waals surface area contributed by atoms with Crippen LogP contribution < -0.4 is 21.1 Å². The lowest BCUT2D eigenvalue weighted by atomic mass is 9.81. The maximum atomic E-state index is 11.3. The van der Waals surface area contributed by atoms with E-state index in [0.717, 1.165) is 48.8 Å². The first kappa shape index (κ1) is 12.4. The van der Waals surface area contributed by atoms with E-state index >= 15 is 0 Å². The Bertz CT molecular complexity index is 484. The lowest BCUT2D eigenvalue weighted by Crippen LogP contribution is -2.41. The molecule has 102 valence electrons. The molecular formula is C14H19N3O2. The predicted octanol–water partition coefficient (Wildman–Crippen LogP) is 0.844. The number of amides is 1. The Morgan fingerprint density at radius 1 is 1.42 bits per heavy atom. The summed E-state index contributed by atoms with van der Waals surface area (Å²) in [6, 6.07) is 6.30. The third-order valence-electron chi connectivity index (χ3n) is 3.71. The van der Waals surface area contributed by atoms with Gasteiger partial charge in [-0.1, -0.05) is 6.07 Å². The van der Waals surface area contributed by atoms with Crippen molar-refractivity contribution in [3.8, 4) is 5.75 Å². The average Bonchev–Trinajstić information content (AvgIpc) is 2.36. The first-order valence-corrected chi connectivity index (χ1v) is 6.72. The Morgan fingerprint density at radius 2 is 2.26 bits per heavy atom. The smallest absolute Gasteiger partial charge is 0.262 e. The standard InChI is InChI=1S/C14H19N3O2/c15-11-3-10(4-11)7-16-6-9-1-2-13-12(5-9)17-14(18)8-19-13/h1-2,5,10-11,16H,3-4,6-8,15H2,(H,17,18). The van der Waals surface area contributed by atoms with Crippen LogP contribution in [-0.4, -0.2) is 25.1 Å². The first-order valence-electron chi connectivity index (χ1n) is 6.72. The highest BCUT2D eigenvalue weighted by Crippen LogP contribution is 2.28. The Kier molecular flexibility index (Phi) is 3.40. The SMILES string of the molecule is NC1CC(CNCc2ccc3c(c2)NC(=O)CO3)C1. The molecule has 0 saturated heterocycles. The van der Waals surface area contributed by atoms with Gasteiger partial charge in [-0.2, -0.15) is 0 Å². The van der Waals surface area contributed by atoms with Gasteiger partial charge in [0, 0.05) is 12.6 Å². The summed E-state index contributed by atoms with van der Waals surface area (Å²) < 4.78 is 5.33. The number of carbonyl (C=O) groups excluding carboxylic acids is 1. The van der Waals surface area contributed by atoms with Crippen molar-refractivity contribution >= 4 is 11.6 Å². The van der Waals surface area contributed by atoms with Gasteiger partial charge in [0.2, 0.25) is 0 Å². The highest BCUT2D eigenvalue weighted by molar-refractivity contribution is 5.95. The van der Waals surface area contributed by atoms with E-state index in [1.165, 1.54) is 0 Å². The van der Waals surface area contributed by atoms with Gasteiger partial charge < -0.3 is 21.1 Å². The third kappa shape index (κ3) is 2.88. The molecule has 19 heavy (non-hydrogen) atoms. The van der Waals surface area contributed by atoms with Gasteiger partial charge in [0.25, 0.3) is 5.91 Å². The highest BCUT2D eigenvalue weighted by atomic mass is 16.5. The number of ether oxygens (including phenoxy) is 1. The predicted molar refractivity (Wildman–Crippen MR) is 73.0 cm³/mol. The van der Waals surface area contributed by atoms with E-state index in [1.54, 1.807) is 0 Å². The number of rotatable bonds is 4. The van der Waals surface area contributed by atoms with E-state index in [2.05, 4.69) is 10.6 Å². The van der Waals surface area contributed by atoms with Crippen LogP contribution in [0.2, 0.25) is 0 Å². The molecule has 5 nitrogen and oxygen atoms in total. The second kappa shape index (κ2) is 5.19. The van der Waals surface area contributed by atoms with Crippen LogP contribution in [0.15, 0.2) is 18.2 Å². The molecule has 0 spiro atoms. The Labute approximate surface area is 112 Å². The molecule has 0 aromatic heterocycles. The molecule has 0 radical (unpaired) electrons. The van der Waals surface area contributed by atoms with E-state index in [9.17, 15) is 4.79 Å². The van der Waals surface area contributed by atoms with E-state index < -0.39 is 0 Å². The van der Waals surface area contributed by atoms with Crippen LogP contribution in [0.4, 0.5) is 5.69 Å². The zero-order valence-corrected chi connectivity index (χ0v) is 10.8. The maximum Gasteiger partial charge on any atom is 0.262 e. The Balaban J connectivity index is 1.53. The van der Waals surface area contributed by atoms with Gasteiger partial charge in [-0.25, -0.2) is 0 Å². The van der Waals surface area contributed by atoms with Gasteiger partial charge in [0.1, 0.15) is 5.75 Å². The summed E-state index contributed by atoms with van der Waals surface area (Å²) >= 11 is 0. The van der Waals surface area contributed by atoms with Crippen LogP contribution in [0.5, 0.6) is 5.75 Å². The zero-order chi connectivity index (χ0) is 13.2. The number of anilines is 1. The number of hydrogen-bond acceptors (Lipinski definition) is 4. The normalized spacial score (nSPS) is 25.0. The summed E-state index contributed by atoms with van der Waals surface area (Å²) in [6.45, 7) is 1.91. The van der Waals surface area contributed by atoms with Crippen molar-refractivity contribution in [2.75, 3.05) is 18.5 Å². The minimum absolute atomic E-state index is 0.0962. The van der Waals surface area contributed by atoms with Crippen molar-refractivity contribution < 1.29 is 9.53 Å². The summed E-state index contributed by atoms with van der Waals surface area (Å²) in [5, 5.41) is 6.25. The van der Waals surface area contributed by atoms with Crippen LogP contribution in [-0.2, 0) is 11.3 Å². The summed E-state index contributed by atoms with van der Waals surface area (Å²) in [7, 11) is 0. The van der Waals surface area contributed by atoms with Crippen molar-refractivity contribution in [1.29, 1.82) is 0 Å². The molecule has 0 bridgehead atoms. The van der Waals surface area contributed by atoms with Crippen molar-refractivity contribution in [3.05, 3.63) is 23.8 Å². The van der Waals surface area contributed by atoms with Gasteiger partial charge in [0.15, 0.2) is 6.61 Å². The van der Waals surface area contributed by atoms with E-state index in [0.29, 0.717) is 6.04 Å². The van der Waals surface area contributed by atoms with Crippen LogP contribution in [0.3, 0.4) is 0 Å². The maximum absolute atomic E-state index is 11.3. The Hall–Kier alpha value is -1.59. The summed E-state index contributed by atoms with van der Waals surface area (Å²) in [6.07, 6.45) is 2.25. The lowest BCUT2D eigenvalue weighted by molar-refractivity contribution is -0.118. The number of nitrogens with two attached hydrogens (primary N) is 1. The van der Waals surface area contributed by atoms with Gasteiger partial charge >= 0.3 is 0 Å². The van der Waals surface area contributed by atoms with Crippen LogP contribution in [0.1, 0.15) is 18.4 Å². The van der Waals surface area contributed by atoms with E-state index in [4.69, 9.17) is 10.5 Å². The van der Waals surface area contributed by atoms with Crippen LogP contribution in [0, 0.1) is 5.92 Å². The van der Waals surface area contributed by atoms with E-state index in [-0.39, 0.29) is 12.5 Å². The van der Waals surface area contributed by atoms with Crippen molar-refractivity contribution in [2.45, 2.75) is 25.4 Å². The fourth-order valence-corrected chi connectivity index (χ4v) is 2.61. The molecule has 0 unspecified atom stereocenters. The number of benzene rings is 1. The van der Waals surface area contributed by atoms with Crippen LogP contribution >= 0.6 is 0 Å². The molecule has 2 aliphatic rings. The fraction of sp³-hybridized carbons (Fsp3) is 0.500. The van der Waals surface area contributed by atoms with Crippen LogP contribution in [0.25, 0.3) is 0 Å². The second-order valence-corrected chi connectivity index (χ2v) is 5.40. The van der Waals surface area contributed by atoms with Crippen molar-refractivity contribution in [3.63, 3.8) is 0 Å². The molecule has 1 aliphatic heterocycles. The summed E-state index contributed by atoms with van der Waals surface area (Å²) in [5.41, 5.74) is 7.67. The summed E-state index contributed by atoms with van der Waals surface area (Å²) in [5.74, 6) is 1.37. The fourth-order valence-electron chi connectivity index (χ4n) is 2.61. The average molecular weight is 261 g/mol. The van der Waals surface area contributed by atoms with Gasteiger partial charge in [-0.3, -0.25) is 4.79 Å². The van der Waals surface area contributed by atoms with Gasteiger partial charge in [0.05, 0.1) is 5.69 Å². The largest absolute Gasteiger partial charge is 0.482 e. The Morgan fingerprint density at radius 3 is 3.05 bits per heavy atom. The van der Waals surface area contributed by atoms with Crippen molar-refractivity contribution in [2.24, 2.45) is 11.7 Å².